The van der Waals surface area contributed by atoms with Crippen molar-refractivity contribution in [2.24, 2.45) is 11.8 Å². The molecule has 0 saturated heterocycles. The first-order chi connectivity index (χ1) is 14.5. The van der Waals surface area contributed by atoms with Crippen LogP contribution in [0.2, 0.25) is 0 Å². The average molecular weight is 411 g/mol. The molecular weight excluding hydrogens is 380 g/mol. The van der Waals surface area contributed by atoms with E-state index in [4.69, 9.17) is 14.6 Å². The van der Waals surface area contributed by atoms with Crippen LogP contribution in [0.4, 0.5) is 0 Å². The van der Waals surface area contributed by atoms with Crippen molar-refractivity contribution in [3.05, 3.63) is 60.7 Å². The number of carboxylic acids is 1. The van der Waals surface area contributed by atoms with Crippen LogP contribution in [0.5, 0.6) is 11.5 Å². The molecule has 0 amide bonds. The molecule has 0 spiro atoms. The molecule has 2 saturated carbocycles. The van der Waals surface area contributed by atoms with Crippen molar-refractivity contribution < 1.29 is 24.2 Å². The van der Waals surface area contributed by atoms with E-state index in [1.165, 1.54) is 0 Å². The van der Waals surface area contributed by atoms with Crippen LogP contribution in [-0.2, 0) is 9.59 Å². The molecule has 1 N–H and O–H groups in total. The molecule has 0 radical (unpaired) electrons. The third kappa shape index (κ3) is 6.61. The number of hydrogen-bond acceptors (Lipinski definition) is 4. The van der Waals surface area contributed by atoms with E-state index in [9.17, 15) is 9.59 Å². The molecule has 5 nitrogen and oxygen atoms in total. The number of ketones is 1. The van der Waals surface area contributed by atoms with Crippen molar-refractivity contribution in [3.8, 4) is 11.5 Å². The predicted molar refractivity (Wildman–Crippen MR) is 115 cm³/mol. The van der Waals surface area contributed by atoms with Crippen molar-refractivity contribution in [1.29, 1.82) is 0 Å². The van der Waals surface area contributed by atoms with Gasteiger partial charge in [0.25, 0.3) is 0 Å². The molecule has 0 aromatic heterocycles. The Balaban J connectivity index is 0.000000171. The van der Waals surface area contributed by atoms with Gasteiger partial charge in [-0.25, -0.2) is 0 Å². The van der Waals surface area contributed by atoms with Crippen LogP contribution >= 0.6 is 0 Å². The van der Waals surface area contributed by atoms with Gasteiger partial charge in [0.15, 0.2) is 0 Å². The fourth-order valence-corrected chi connectivity index (χ4v) is 4.07. The molecule has 0 heterocycles. The quantitative estimate of drug-likeness (QED) is 0.714. The number of para-hydroxylation sites is 2. The Bertz CT molecular complexity index is 735. The number of ether oxygens (including phenoxy) is 2. The van der Waals surface area contributed by atoms with Crippen LogP contribution in [0.1, 0.15) is 45.4 Å². The van der Waals surface area contributed by atoms with Gasteiger partial charge in [-0.1, -0.05) is 36.4 Å². The number of carboxylic acid groups (broad SMARTS) is 1. The first-order valence-corrected chi connectivity index (χ1v) is 10.7. The molecule has 4 rings (SSSR count). The molecular formula is C25H30O5. The predicted octanol–water partition coefficient (Wildman–Crippen LogP) is 5.14. The van der Waals surface area contributed by atoms with Crippen LogP contribution in [0.25, 0.3) is 0 Å². The van der Waals surface area contributed by atoms with E-state index in [-0.39, 0.29) is 24.0 Å². The summed E-state index contributed by atoms with van der Waals surface area (Å²) in [6, 6.07) is 19.4. The van der Waals surface area contributed by atoms with Gasteiger partial charge in [-0.05, 0) is 69.7 Å². The lowest BCUT2D eigenvalue weighted by molar-refractivity contribution is -0.141. The zero-order valence-electron chi connectivity index (χ0n) is 17.4. The van der Waals surface area contributed by atoms with Crippen LogP contribution < -0.4 is 9.47 Å². The van der Waals surface area contributed by atoms with E-state index in [2.05, 4.69) is 0 Å². The first kappa shape index (κ1) is 21.9. The monoisotopic (exact) mass is 410 g/mol. The van der Waals surface area contributed by atoms with E-state index in [0.29, 0.717) is 12.2 Å². The second-order valence-corrected chi connectivity index (χ2v) is 8.07. The van der Waals surface area contributed by atoms with E-state index in [1.807, 2.05) is 60.7 Å². The van der Waals surface area contributed by atoms with Crippen molar-refractivity contribution in [3.63, 3.8) is 0 Å². The zero-order chi connectivity index (χ0) is 21.3. The average Bonchev–Trinajstić information content (AvgIpc) is 3.40. The lowest BCUT2D eigenvalue weighted by Crippen LogP contribution is -2.15. The standard InChI is InChI=1S/C13H16O2.C12H14O3/c1-10(14)11-7-8-13(9-11)15-12-5-3-2-4-6-12;13-12(14)9-6-7-11(8-9)15-10-4-2-1-3-5-10/h2-6,11,13H,7-9H2,1H3;1-5,9,11H,6-8H2,(H,13,14)/t11-,13-;9-,11-/m11/s1. The minimum Gasteiger partial charge on any atom is -0.490 e. The summed E-state index contributed by atoms with van der Waals surface area (Å²) < 4.78 is 11.5. The normalized spacial score (nSPS) is 25.1. The summed E-state index contributed by atoms with van der Waals surface area (Å²) in [4.78, 5) is 21.9. The Morgan fingerprint density at radius 2 is 1.17 bits per heavy atom. The maximum atomic E-state index is 11.2. The third-order valence-electron chi connectivity index (χ3n) is 5.79. The number of benzene rings is 2. The number of rotatable bonds is 6. The molecule has 2 aliphatic rings. The van der Waals surface area contributed by atoms with Crippen LogP contribution in [0.15, 0.2) is 60.7 Å². The number of carbonyl (C=O) groups is 2. The van der Waals surface area contributed by atoms with Gasteiger partial charge in [0.1, 0.15) is 17.3 Å². The minimum absolute atomic E-state index is 0.0634. The molecule has 160 valence electrons. The summed E-state index contributed by atoms with van der Waals surface area (Å²) in [5, 5.41) is 8.84. The SMILES string of the molecule is CC(=O)[C@@H]1CC[C@@H](Oc2ccccc2)C1.O=C(O)[C@@H]1CC[C@@H](Oc2ccccc2)C1. The summed E-state index contributed by atoms with van der Waals surface area (Å²) in [6.07, 6.45) is 5.34. The molecule has 0 unspecified atom stereocenters. The molecule has 0 aliphatic heterocycles. The minimum atomic E-state index is -0.700. The summed E-state index contributed by atoms with van der Waals surface area (Å²) in [5.41, 5.74) is 0. The summed E-state index contributed by atoms with van der Waals surface area (Å²) >= 11 is 0. The molecule has 2 fully saturated rings. The van der Waals surface area contributed by atoms with Gasteiger partial charge in [0.2, 0.25) is 0 Å². The van der Waals surface area contributed by atoms with Gasteiger partial charge in [0, 0.05) is 5.92 Å². The topological polar surface area (TPSA) is 72.8 Å². The maximum absolute atomic E-state index is 11.2. The van der Waals surface area contributed by atoms with Crippen LogP contribution in [0.3, 0.4) is 0 Å². The van der Waals surface area contributed by atoms with Crippen molar-refractivity contribution >= 4 is 11.8 Å². The van der Waals surface area contributed by atoms with E-state index in [1.54, 1.807) is 6.92 Å². The maximum Gasteiger partial charge on any atom is 0.306 e. The molecule has 2 aliphatic carbocycles. The highest BCUT2D eigenvalue weighted by Crippen LogP contribution is 2.30. The van der Waals surface area contributed by atoms with E-state index < -0.39 is 5.97 Å². The smallest absolute Gasteiger partial charge is 0.306 e. The van der Waals surface area contributed by atoms with Crippen LogP contribution in [0, 0.1) is 11.8 Å². The molecule has 2 aromatic carbocycles. The van der Waals surface area contributed by atoms with Crippen LogP contribution in [-0.4, -0.2) is 29.1 Å². The fraction of sp³-hybridized carbons (Fsp3) is 0.440. The fourth-order valence-electron chi connectivity index (χ4n) is 4.07. The number of aliphatic carboxylic acids is 1. The first-order valence-electron chi connectivity index (χ1n) is 10.7. The summed E-state index contributed by atoms with van der Waals surface area (Å²) in [6.45, 7) is 1.68. The second-order valence-electron chi connectivity index (χ2n) is 8.07. The summed E-state index contributed by atoms with van der Waals surface area (Å²) in [7, 11) is 0. The van der Waals surface area contributed by atoms with E-state index in [0.717, 1.165) is 43.6 Å². The van der Waals surface area contributed by atoms with Crippen molar-refractivity contribution in [2.45, 2.75) is 57.7 Å². The zero-order valence-corrected chi connectivity index (χ0v) is 17.4. The van der Waals surface area contributed by atoms with E-state index >= 15 is 0 Å². The second kappa shape index (κ2) is 10.8. The number of carbonyl (C=O) groups excluding carboxylic acids is 1. The Kier molecular flexibility index (Phi) is 7.89. The van der Waals surface area contributed by atoms with Crippen molar-refractivity contribution in [1.82, 2.24) is 0 Å². The van der Waals surface area contributed by atoms with Gasteiger partial charge < -0.3 is 14.6 Å². The molecule has 0 bridgehead atoms. The van der Waals surface area contributed by atoms with Gasteiger partial charge in [-0.2, -0.15) is 0 Å². The molecule has 2 aromatic rings. The third-order valence-corrected chi connectivity index (χ3v) is 5.79. The Labute approximate surface area is 178 Å². The largest absolute Gasteiger partial charge is 0.490 e. The molecule has 30 heavy (non-hydrogen) atoms. The number of hydrogen-bond donors (Lipinski definition) is 1. The molecule has 5 heteroatoms. The highest BCUT2D eigenvalue weighted by Gasteiger charge is 2.31. The summed E-state index contributed by atoms with van der Waals surface area (Å²) in [5.74, 6) is 1.33. The highest BCUT2D eigenvalue weighted by molar-refractivity contribution is 5.78. The lowest BCUT2D eigenvalue weighted by atomic mass is 10.0. The molecule has 4 atom stereocenters. The Morgan fingerprint density at radius 1 is 0.733 bits per heavy atom. The van der Waals surface area contributed by atoms with Gasteiger partial charge in [0.05, 0.1) is 18.1 Å². The highest BCUT2D eigenvalue weighted by atomic mass is 16.5. The Hall–Kier alpha value is -2.82. The van der Waals surface area contributed by atoms with Gasteiger partial charge in [-0.3, -0.25) is 9.59 Å². The number of Topliss-reactive ketones (excluding diaryl/α,β-unsaturated/α-hetero) is 1. The lowest BCUT2D eigenvalue weighted by Gasteiger charge is -2.13. The van der Waals surface area contributed by atoms with Gasteiger partial charge in [-0.15, -0.1) is 0 Å². The van der Waals surface area contributed by atoms with Crippen molar-refractivity contribution in [2.75, 3.05) is 0 Å². The Morgan fingerprint density at radius 3 is 1.53 bits per heavy atom. The van der Waals surface area contributed by atoms with Gasteiger partial charge >= 0.3 is 5.97 Å².